The lowest BCUT2D eigenvalue weighted by Crippen LogP contribution is -2.30. The van der Waals surface area contributed by atoms with Crippen molar-refractivity contribution in [1.29, 1.82) is 0 Å². The summed E-state index contributed by atoms with van der Waals surface area (Å²) in [6.07, 6.45) is 26.1. The summed E-state index contributed by atoms with van der Waals surface area (Å²) in [6.45, 7) is 29.6. The molecule has 7 aromatic carbocycles. The van der Waals surface area contributed by atoms with Gasteiger partial charge in [0.2, 0.25) is 0 Å². The normalized spacial score (nSPS) is 14.3. The third-order valence-corrected chi connectivity index (χ3v) is 24.1. The summed E-state index contributed by atoms with van der Waals surface area (Å²) in [5, 5.41) is 6.20. The maximum atomic E-state index is 13.7. The van der Waals surface area contributed by atoms with E-state index in [9.17, 15) is 30.6 Å². The predicted molar refractivity (Wildman–Crippen MR) is 501 cm³/mol. The van der Waals surface area contributed by atoms with Crippen LogP contribution in [0.5, 0.6) is 11.5 Å². The Hall–Kier alpha value is -10.1. The molecule has 3 atom stereocenters. The minimum atomic E-state index is -3.67. The molecule has 0 bridgehead atoms. The topological polar surface area (TPSA) is 287 Å². The van der Waals surface area contributed by atoms with Crippen molar-refractivity contribution in [2.75, 3.05) is 98.2 Å². The van der Waals surface area contributed by atoms with Gasteiger partial charge in [-0.05, 0) is 236 Å². The lowest BCUT2D eigenvalue weighted by atomic mass is 9.96. The Morgan fingerprint density at radius 2 is 0.797 bits per heavy atom. The number of nitrogens with two attached hydrogens (primary N) is 1. The van der Waals surface area contributed by atoms with Crippen molar-refractivity contribution in [2.45, 2.75) is 185 Å². The van der Waals surface area contributed by atoms with Crippen LogP contribution in [0.1, 0.15) is 161 Å². The Morgan fingerprint density at radius 1 is 0.463 bits per heavy atom. The first-order valence-electron chi connectivity index (χ1n) is 42.9. The number of hydrogen-bond acceptors (Lipinski definition) is 17. The maximum Gasteiger partial charge on any atom is 0.261 e. The fourth-order valence-corrected chi connectivity index (χ4v) is 17.3. The van der Waals surface area contributed by atoms with E-state index in [-0.39, 0.29) is 11.8 Å². The zero-order valence-corrected chi connectivity index (χ0v) is 76.4. The van der Waals surface area contributed by atoms with Crippen molar-refractivity contribution in [3.05, 3.63) is 235 Å². The van der Waals surface area contributed by atoms with Crippen LogP contribution in [0.2, 0.25) is 0 Å². The second-order valence-electron chi connectivity index (χ2n) is 31.4. The highest BCUT2D eigenvalue weighted by molar-refractivity contribution is 7.85. The molecular formula is C96H125N11O12S4. The first kappa shape index (κ1) is 96.7. The summed E-state index contributed by atoms with van der Waals surface area (Å²) in [4.78, 5) is 47.1. The Bertz CT molecular complexity index is 4920. The number of nitrogens with zero attached hydrogens (tertiary/aromatic N) is 8. The van der Waals surface area contributed by atoms with Gasteiger partial charge in [0.1, 0.15) is 24.7 Å². The van der Waals surface area contributed by atoms with Crippen molar-refractivity contribution >= 4 is 94.9 Å². The molecule has 0 spiro atoms. The summed E-state index contributed by atoms with van der Waals surface area (Å²) in [7, 11) is -7.15. The second-order valence-corrected chi connectivity index (χ2v) is 37.2. The fraction of sp³-hybridized carbons (Fsp3) is 0.406. The summed E-state index contributed by atoms with van der Waals surface area (Å²) in [6, 6.07) is 51.3. The largest absolute Gasteiger partial charge is 0.491 e. The van der Waals surface area contributed by atoms with Crippen molar-refractivity contribution in [2.24, 2.45) is 11.8 Å². The van der Waals surface area contributed by atoms with Gasteiger partial charge in [0.15, 0.2) is 0 Å². The van der Waals surface area contributed by atoms with E-state index in [2.05, 4.69) is 184 Å². The highest BCUT2D eigenvalue weighted by Crippen LogP contribution is 2.37. The van der Waals surface area contributed by atoms with E-state index in [1.54, 1.807) is 49.7 Å². The van der Waals surface area contributed by atoms with Gasteiger partial charge in [-0.1, -0.05) is 112 Å². The zero-order chi connectivity index (χ0) is 88.1. The van der Waals surface area contributed by atoms with Crippen molar-refractivity contribution in [3.8, 4) is 33.8 Å². The zero-order valence-electron chi connectivity index (χ0n) is 73.1. The van der Waals surface area contributed by atoms with Gasteiger partial charge in [-0.25, -0.2) is 15.0 Å². The van der Waals surface area contributed by atoms with Crippen LogP contribution in [0.15, 0.2) is 221 Å². The highest BCUT2D eigenvalue weighted by atomic mass is 32.2. The van der Waals surface area contributed by atoms with Crippen molar-refractivity contribution < 1.29 is 54.1 Å². The molecule has 0 saturated heterocycles. The standard InChI is InChI=1S/2C41H52N4O4S.C13H17N3OS.CH4O3S/c2*1-5-7-22-48-23-24-49-38-15-10-32(11-16-38)33-12-19-40-35(25-33)26-34(9-8-21-44(40)28-31(3)4)41(46)43-36-13-17-39(18-14-36)50(47)29-37-27-42-30-45(37)20-6-2;1-2-7-16-10-15-8-12(16)9-18(17)13-5-3-11(14)4-6-13;1-5(2,3)4/h2*10-19,25-27,30-31H,5-9,20-24,28-29H2,1-4H3,(H,43,46);3-6,8,10H,2,7,9,14H2,1H3;1H3,(H,2,3,4)/b2*34-26+;;. The van der Waals surface area contributed by atoms with Crippen LogP contribution in [0.3, 0.4) is 0 Å². The molecule has 5 N–H and O–H groups in total. The first-order valence-corrected chi connectivity index (χ1v) is 48.7. The molecule has 10 aromatic rings. The van der Waals surface area contributed by atoms with Gasteiger partial charge >= 0.3 is 0 Å². The Labute approximate surface area is 735 Å². The third kappa shape index (κ3) is 32.2. The molecule has 2 aliphatic rings. The Balaban J connectivity index is 0.000000222. The maximum absolute atomic E-state index is 13.7. The van der Waals surface area contributed by atoms with Crippen molar-refractivity contribution in [3.63, 3.8) is 0 Å². The Kier molecular flexibility index (Phi) is 39.8. The molecule has 123 heavy (non-hydrogen) atoms. The molecule has 5 heterocycles. The van der Waals surface area contributed by atoms with E-state index >= 15 is 0 Å². The minimum Gasteiger partial charge on any atom is -0.491 e. The molecule has 0 radical (unpaired) electrons. The van der Waals surface area contributed by atoms with E-state index in [1.807, 2.05) is 84.9 Å². The number of unbranched alkanes of at least 4 members (excludes halogenated alkanes) is 2. The van der Waals surface area contributed by atoms with E-state index in [1.165, 1.54) is 0 Å². The number of carbonyl (C=O) groups is 2. The molecule has 27 heteroatoms. The van der Waals surface area contributed by atoms with Crippen LogP contribution in [0.25, 0.3) is 34.4 Å². The number of benzene rings is 7. The fourth-order valence-electron chi connectivity index (χ4n) is 14.0. The molecule has 3 aromatic heterocycles. The molecule has 0 saturated carbocycles. The summed E-state index contributed by atoms with van der Waals surface area (Å²) in [5.41, 5.74) is 20.8. The van der Waals surface area contributed by atoms with Gasteiger partial charge < -0.3 is 58.8 Å². The van der Waals surface area contributed by atoms with E-state index in [0.29, 0.717) is 91.7 Å². The van der Waals surface area contributed by atoms with Gasteiger partial charge in [0.25, 0.3) is 21.9 Å². The number of hydrogen-bond donors (Lipinski definition) is 4. The van der Waals surface area contributed by atoms with Gasteiger partial charge in [0.05, 0.1) is 105 Å². The SMILES string of the molecule is CCCCOCCOc1ccc(-c2ccc3c(c2)/C=C(/C(=O)Nc2ccc(S(=O)Cc4cncn4CCC)cc2)CCCN3CC(C)C)cc1.CCCCOCCOc1ccc(-c2ccc3c(c2)/C=C(/C(=O)Nc2ccc(S(=O)Cc4cncn4CCC)cc2)CCCN3CC(C)C)cc1.CCCn1cncc1CS(=O)c1ccc(N)cc1.CS(=O)(=O)O. The number of nitrogen functional groups attached to an aromatic ring is 1. The van der Waals surface area contributed by atoms with Gasteiger partial charge in [-0.2, -0.15) is 8.42 Å². The number of fused-ring (bicyclic) bond motifs is 2. The lowest BCUT2D eigenvalue weighted by Gasteiger charge is -2.30. The lowest BCUT2D eigenvalue weighted by molar-refractivity contribution is -0.113. The van der Waals surface area contributed by atoms with Crippen LogP contribution in [0.4, 0.5) is 28.4 Å². The number of aryl methyl sites for hydroxylation is 3. The third-order valence-electron chi connectivity index (χ3n) is 20.1. The summed E-state index contributed by atoms with van der Waals surface area (Å²) < 4.78 is 93.5. The number of rotatable bonds is 39. The molecule has 23 nitrogen and oxygen atoms in total. The number of ether oxygens (including phenoxy) is 4. The molecule has 12 rings (SSSR count). The molecule has 0 fully saturated rings. The summed E-state index contributed by atoms with van der Waals surface area (Å²) in [5.74, 6) is 3.72. The molecule has 2 amide bonds. The molecule has 0 aliphatic carbocycles. The predicted octanol–water partition coefficient (Wildman–Crippen LogP) is 19.2. The van der Waals surface area contributed by atoms with Gasteiger partial charge in [-0.3, -0.25) is 26.8 Å². The highest BCUT2D eigenvalue weighted by Gasteiger charge is 2.24. The second kappa shape index (κ2) is 50.6. The molecule has 2 aliphatic heterocycles. The smallest absolute Gasteiger partial charge is 0.261 e. The number of anilines is 5. The number of nitrogens with one attached hydrogen (secondary N) is 2. The van der Waals surface area contributed by atoms with E-state index in [0.717, 1.165) is 216 Å². The van der Waals surface area contributed by atoms with Gasteiger partial charge in [0, 0.05) is 132 Å². The number of amides is 2. The van der Waals surface area contributed by atoms with Crippen LogP contribution in [-0.2, 0) is 98.5 Å². The van der Waals surface area contributed by atoms with Crippen LogP contribution in [0, 0.1) is 11.8 Å². The number of aromatic nitrogens is 6. The van der Waals surface area contributed by atoms with Crippen LogP contribution < -0.4 is 35.6 Å². The molecule has 3 unspecified atom stereocenters. The summed E-state index contributed by atoms with van der Waals surface area (Å²) >= 11 is 0. The minimum absolute atomic E-state index is 0.115. The van der Waals surface area contributed by atoms with E-state index < -0.39 is 42.5 Å². The quantitative estimate of drug-likeness (QED) is 0.0158. The van der Waals surface area contributed by atoms with Crippen LogP contribution >= 0.6 is 0 Å². The van der Waals surface area contributed by atoms with Crippen molar-refractivity contribution in [1.82, 2.24) is 28.7 Å². The molecule has 660 valence electrons. The average Bonchev–Trinajstić information content (AvgIpc) is 1.76. The number of carbonyl (C=O) groups excluding carboxylic acids is 2. The average molecular weight is 1750 g/mol. The first-order chi connectivity index (χ1) is 59.4. The molecular weight excluding hydrogens is 1630 g/mol. The Morgan fingerprint density at radius 3 is 1.12 bits per heavy atom. The monoisotopic (exact) mass is 1750 g/mol. The number of imidazole rings is 3. The van der Waals surface area contributed by atoms with E-state index in [4.69, 9.17) is 29.2 Å². The van der Waals surface area contributed by atoms with Crippen LogP contribution in [-0.4, -0.2) is 138 Å². The van der Waals surface area contributed by atoms with Gasteiger partial charge in [-0.15, -0.1) is 0 Å².